The second-order valence-corrected chi connectivity index (χ2v) is 5.66. The molecule has 0 aromatic heterocycles. The second kappa shape index (κ2) is 8.01. The summed E-state index contributed by atoms with van der Waals surface area (Å²) in [6.45, 7) is 2.55. The van der Waals surface area contributed by atoms with Crippen molar-refractivity contribution in [2.45, 2.75) is 31.8 Å². The molecule has 1 saturated heterocycles. The Kier molecular flexibility index (Phi) is 6.03. The number of benzene rings is 1. The van der Waals surface area contributed by atoms with Crippen molar-refractivity contribution in [3.63, 3.8) is 0 Å². The lowest BCUT2D eigenvalue weighted by molar-refractivity contribution is -0.125. The highest BCUT2D eigenvalue weighted by molar-refractivity contribution is 5.94. The van der Waals surface area contributed by atoms with Crippen LogP contribution in [-0.4, -0.2) is 50.8 Å². The molecule has 1 fully saturated rings. The van der Waals surface area contributed by atoms with E-state index in [-0.39, 0.29) is 11.9 Å². The van der Waals surface area contributed by atoms with Gasteiger partial charge in [-0.3, -0.25) is 15.0 Å². The quantitative estimate of drug-likeness (QED) is 0.887. The highest BCUT2D eigenvalue weighted by Gasteiger charge is 2.35. The number of rotatable bonds is 5. The van der Waals surface area contributed by atoms with Gasteiger partial charge in [-0.1, -0.05) is 0 Å². The van der Waals surface area contributed by atoms with E-state index >= 15 is 0 Å². The van der Waals surface area contributed by atoms with Crippen LogP contribution in [0.15, 0.2) is 18.2 Å². The van der Waals surface area contributed by atoms with Gasteiger partial charge in [0.25, 0.3) is 0 Å². The summed E-state index contributed by atoms with van der Waals surface area (Å²) in [4.78, 5) is 25.6. The fourth-order valence-corrected chi connectivity index (χ4v) is 3.09. The maximum absolute atomic E-state index is 12.2. The van der Waals surface area contributed by atoms with Crippen LogP contribution in [0.25, 0.3) is 0 Å². The smallest absolute Gasteiger partial charge is 0.413 e. The monoisotopic (exact) mass is 336 g/mol. The molecule has 1 heterocycles. The molecule has 1 aromatic carbocycles. The fourth-order valence-electron chi connectivity index (χ4n) is 3.09. The lowest BCUT2D eigenvalue weighted by Gasteiger charge is -2.30. The molecule has 0 spiro atoms. The lowest BCUT2D eigenvalue weighted by Crippen LogP contribution is -2.46. The van der Waals surface area contributed by atoms with Crippen molar-refractivity contribution in [1.29, 1.82) is 0 Å². The average molecular weight is 336 g/mol. The van der Waals surface area contributed by atoms with Crippen molar-refractivity contribution >= 4 is 12.0 Å². The molecular weight excluding hydrogens is 312 g/mol. The van der Waals surface area contributed by atoms with E-state index in [1.807, 2.05) is 18.2 Å². The number of ether oxygens (including phenoxy) is 3. The molecule has 24 heavy (non-hydrogen) atoms. The number of hydrogen-bond acceptors (Lipinski definition) is 6. The van der Waals surface area contributed by atoms with Gasteiger partial charge < -0.3 is 14.2 Å². The molecule has 7 heteroatoms. The third-order valence-corrected chi connectivity index (χ3v) is 4.38. The van der Waals surface area contributed by atoms with E-state index < -0.39 is 12.1 Å². The van der Waals surface area contributed by atoms with E-state index in [2.05, 4.69) is 15.0 Å². The van der Waals surface area contributed by atoms with E-state index in [0.29, 0.717) is 0 Å². The number of alkyl carbamates (subject to hydrolysis) is 1. The first-order valence-electron chi connectivity index (χ1n) is 7.88. The molecule has 1 aromatic rings. The maximum atomic E-state index is 12.2. The van der Waals surface area contributed by atoms with Gasteiger partial charge >= 0.3 is 6.09 Å². The van der Waals surface area contributed by atoms with Gasteiger partial charge in [0.05, 0.1) is 27.4 Å². The Labute approximate surface area is 141 Å². The molecule has 2 atom stereocenters. The number of methoxy groups -OCH3 is 3. The van der Waals surface area contributed by atoms with Crippen molar-refractivity contribution in [2.75, 3.05) is 27.9 Å². The minimum atomic E-state index is -0.749. The van der Waals surface area contributed by atoms with Gasteiger partial charge in [-0.05, 0) is 44.5 Å². The Morgan fingerprint density at radius 2 is 2.00 bits per heavy atom. The molecule has 7 nitrogen and oxygen atoms in total. The molecule has 0 aliphatic carbocycles. The van der Waals surface area contributed by atoms with Crippen molar-refractivity contribution < 1.29 is 23.8 Å². The minimum absolute atomic E-state index is 0.0217. The van der Waals surface area contributed by atoms with Gasteiger partial charge in [-0.15, -0.1) is 0 Å². The van der Waals surface area contributed by atoms with Crippen molar-refractivity contribution in [2.24, 2.45) is 0 Å². The van der Waals surface area contributed by atoms with Crippen LogP contribution in [0.5, 0.6) is 11.5 Å². The van der Waals surface area contributed by atoms with Crippen LogP contribution in [-0.2, 0) is 9.53 Å². The highest BCUT2D eigenvalue weighted by Crippen LogP contribution is 2.39. The topological polar surface area (TPSA) is 77.1 Å². The van der Waals surface area contributed by atoms with Crippen LogP contribution >= 0.6 is 0 Å². The second-order valence-electron chi connectivity index (χ2n) is 5.66. The molecule has 2 rings (SSSR count). The van der Waals surface area contributed by atoms with Crippen molar-refractivity contribution in [3.05, 3.63) is 23.8 Å². The summed E-state index contributed by atoms with van der Waals surface area (Å²) in [5, 5.41) is 2.23. The van der Waals surface area contributed by atoms with Gasteiger partial charge in [0.1, 0.15) is 11.5 Å². The summed E-state index contributed by atoms with van der Waals surface area (Å²) >= 11 is 0. The molecule has 132 valence electrons. The van der Waals surface area contributed by atoms with E-state index in [0.717, 1.165) is 36.4 Å². The molecule has 1 aliphatic heterocycles. The standard InChI is InChI=1S/C17H24N2O5/c1-11(16(20)18-17(21)24-4)19-9-5-6-14(19)13-10-12(22-2)7-8-15(13)23-3/h7-8,10-11,14H,5-6,9H2,1-4H3,(H,18,20,21)/t11-,14+/m0/s1. The van der Waals surface area contributed by atoms with Crippen molar-refractivity contribution in [1.82, 2.24) is 10.2 Å². The zero-order valence-corrected chi connectivity index (χ0v) is 14.5. The Hall–Kier alpha value is -2.28. The van der Waals surface area contributed by atoms with Crippen LogP contribution in [0.3, 0.4) is 0 Å². The predicted molar refractivity (Wildman–Crippen MR) is 88.2 cm³/mol. The molecule has 0 bridgehead atoms. The zero-order chi connectivity index (χ0) is 17.7. The SMILES string of the molecule is COC(=O)NC(=O)[C@H](C)N1CCC[C@@H]1c1cc(OC)ccc1OC. The first kappa shape index (κ1) is 18.1. The Bertz CT molecular complexity index is 605. The largest absolute Gasteiger partial charge is 0.497 e. The van der Waals surface area contributed by atoms with Gasteiger partial charge in [0.2, 0.25) is 5.91 Å². The summed E-state index contributed by atoms with van der Waals surface area (Å²) < 4.78 is 15.3. The summed E-state index contributed by atoms with van der Waals surface area (Å²) in [5.74, 6) is 1.12. The molecule has 1 aliphatic rings. The molecule has 1 N–H and O–H groups in total. The molecular formula is C17H24N2O5. The number of likely N-dealkylation sites (tertiary alicyclic amines) is 1. The predicted octanol–water partition coefficient (Wildman–Crippen LogP) is 2.11. The highest BCUT2D eigenvalue weighted by atomic mass is 16.5. The number of carbonyl (C=O) groups excluding carboxylic acids is 2. The van der Waals surface area contributed by atoms with Gasteiger partial charge in [-0.25, -0.2) is 4.79 Å². The summed E-state index contributed by atoms with van der Waals surface area (Å²) in [6.07, 6.45) is 1.11. The lowest BCUT2D eigenvalue weighted by atomic mass is 10.0. The van der Waals surface area contributed by atoms with Crippen LogP contribution in [0.1, 0.15) is 31.4 Å². The molecule has 2 amide bonds. The average Bonchev–Trinajstić information content (AvgIpc) is 3.09. The van der Waals surface area contributed by atoms with E-state index in [9.17, 15) is 9.59 Å². The van der Waals surface area contributed by atoms with E-state index in [4.69, 9.17) is 9.47 Å². The number of imide groups is 1. The summed E-state index contributed by atoms with van der Waals surface area (Å²) in [5.41, 5.74) is 0.979. The normalized spacial score (nSPS) is 18.8. The first-order chi connectivity index (χ1) is 11.5. The third kappa shape index (κ3) is 3.79. The number of amides is 2. The number of nitrogens with one attached hydrogen (secondary N) is 1. The van der Waals surface area contributed by atoms with Gasteiger partial charge in [0.15, 0.2) is 0 Å². The maximum Gasteiger partial charge on any atom is 0.413 e. The fraction of sp³-hybridized carbons (Fsp3) is 0.529. The Balaban J connectivity index is 2.24. The zero-order valence-electron chi connectivity index (χ0n) is 14.5. The molecule has 0 unspecified atom stereocenters. The van der Waals surface area contributed by atoms with Gasteiger partial charge in [-0.2, -0.15) is 0 Å². The minimum Gasteiger partial charge on any atom is -0.497 e. The third-order valence-electron chi connectivity index (χ3n) is 4.38. The van der Waals surface area contributed by atoms with E-state index in [1.165, 1.54) is 7.11 Å². The Morgan fingerprint density at radius 3 is 2.62 bits per heavy atom. The van der Waals surface area contributed by atoms with Crippen LogP contribution < -0.4 is 14.8 Å². The van der Waals surface area contributed by atoms with Crippen LogP contribution in [0, 0.1) is 0 Å². The number of hydrogen-bond donors (Lipinski definition) is 1. The summed E-state index contributed by atoms with van der Waals surface area (Å²) in [6, 6.07) is 5.20. The van der Waals surface area contributed by atoms with Crippen LogP contribution in [0.4, 0.5) is 4.79 Å². The van der Waals surface area contributed by atoms with Crippen LogP contribution in [0.2, 0.25) is 0 Å². The molecule has 0 radical (unpaired) electrons. The van der Waals surface area contributed by atoms with Gasteiger partial charge in [0, 0.05) is 11.6 Å². The van der Waals surface area contributed by atoms with Crippen molar-refractivity contribution in [3.8, 4) is 11.5 Å². The summed E-state index contributed by atoms with van der Waals surface area (Å²) in [7, 11) is 4.47. The first-order valence-corrected chi connectivity index (χ1v) is 7.88. The number of carbonyl (C=O) groups is 2. The number of nitrogens with zero attached hydrogens (tertiary/aromatic N) is 1. The molecule has 0 saturated carbocycles. The Morgan fingerprint density at radius 1 is 1.25 bits per heavy atom. The van der Waals surface area contributed by atoms with E-state index in [1.54, 1.807) is 21.1 Å².